The molecule has 0 radical (unpaired) electrons. The second-order valence-electron chi connectivity index (χ2n) is 7.16. The molecule has 0 saturated carbocycles. The zero-order chi connectivity index (χ0) is 22.7. The van der Waals surface area contributed by atoms with Gasteiger partial charge < -0.3 is 19.9 Å². The molecule has 0 saturated heterocycles. The molecule has 0 atom stereocenters. The molecular weight excluding hydrogens is 408 g/mol. The molecule has 0 bridgehead atoms. The van der Waals surface area contributed by atoms with Gasteiger partial charge in [0.1, 0.15) is 0 Å². The van der Waals surface area contributed by atoms with Gasteiger partial charge in [0.15, 0.2) is 5.88 Å². The van der Waals surface area contributed by atoms with E-state index in [1.165, 1.54) is 7.11 Å². The van der Waals surface area contributed by atoms with Gasteiger partial charge in [-0.1, -0.05) is 48.5 Å². The van der Waals surface area contributed by atoms with Crippen LogP contribution in [0.3, 0.4) is 0 Å². The molecule has 0 unspecified atom stereocenters. The van der Waals surface area contributed by atoms with E-state index in [0.717, 1.165) is 5.56 Å². The summed E-state index contributed by atoms with van der Waals surface area (Å²) in [4.78, 5) is 30.5. The molecule has 0 aliphatic rings. The fourth-order valence-electron chi connectivity index (χ4n) is 3.52. The number of carbonyl (C=O) groups is 2. The minimum absolute atomic E-state index is 0.0682. The minimum Gasteiger partial charge on any atom is -0.494 e. The van der Waals surface area contributed by atoms with Gasteiger partial charge in [0.25, 0.3) is 0 Å². The number of carboxylic acids is 1. The lowest BCUT2D eigenvalue weighted by Crippen LogP contribution is -2.03. The van der Waals surface area contributed by atoms with Crippen molar-refractivity contribution in [1.29, 1.82) is 0 Å². The molecule has 160 valence electrons. The number of ether oxygens (including phenoxy) is 1. The Bertz CT molecular complexity index is 1320. The first-order valence-electron chi connectivity index (χ1n) is 9.84. The Labute approximate surface area is 183 Å². The lowest BCUT2D eigenvalue weighted by atomic mass is 10.00. The average Bonchev–Trinajstić information content (AvgIpc) is 3.13. The van der Waals surface area contributed by atoms with Crippen LogP contribution in [0.4, 0.5) is 5.69 Å². The first-order chi connectivity index (χ1) is 15.5. The molecule has 7 nitrogen and oxygen atoms in total. The fourth-order valence-corrected chi connectivity index (χ4v) is 3.52. The Hall–Kier alpha value is -4.39. The Morgan fingerprint density at radius 3 is 2.34 bits per heavy atom. The number of carboxylic acid groups (broad SMARTS) is 1. The number of aliphatic carboxylic acids is 1. The summed E-state index contributed by atoms with van der Waals surface area (Å²) in [5.41, 5.74) is 4.03. The number of aromatic nitrogens is 1. The maximum absolute atomic E-state index is 11.9. The van der Waals surface area contributed by atoms with Crippen LogP contribution in [0, 0.1) is 0 Å². The number of nitrogens with one attached hydrogen (secondary N) is 1. The van der Waals surface area contributed by atoms with E-state index in [0.29, 0.717) is 39.0 Å². The smallest absolute Gasteiger partial charge is 0.337 e. The number of benzene rings is 3. The van der Waals surface area contributed by atoms with Gasteiger partial charge in [-0.05, 0) is 29.8 Å². The summed E-state index contributed by atoms with van der Waals surface area (Å²) in [5, 5.41) is 20.4. The third kappa shape index (κ3) is 4.22. The van der Waals surface area contributed by atoms with E-state index < -0.39 is 11.9 Å². The first kappa shape index (κ1) is 20.9. The van der Waals surface area contributed by atoms with Gasteiger partial charge in [-0.2, -0.15) is 0 Å². The molecule has 1 heterocycles. The lowest BCUT2D eigenvalue weighted by Gasteiger charge is -2.08. The summed E-state index contributed by atoms with van der Waals surface area (Å²) in [5.74, 6) is -1.45. The zero-order valence-corrected chi connectivity index (χ0v) is 17.2. The van der Waals surface area contributed by atoms with Gasteiger partial charge in [0.2, 0.25) is 0 Å². The standard InChI is InChI=1S/C25H20N2O5/c1-32-25(31)17-9-12-19-20(14-17)27-24(30)22(19)23(16-5-3-2-4-6-16)26-18-10-7-15(8-11-18)13-21(28)29/h2-12,14,27,30H,13H2,1H3,(H,28,29). The van der Waals surface area contributed by atoms with Crippen LogP contribution in [0.2, 0.25) is 0 Å². The number of aliphatic imine (C=N–C) groups is 1. The van der Waals surface area contributed by atoms with Crippen LogP contribution >= 0.6 is 0 Å². The highest BCUT2D eigenvalue weighted by atomic mass is 16.5. The van der Waals surface area contributed by atoms with Gasteiger partial charge in [0.05, 0.1) is 36.1 Å². The molecule has 0 spiro atoms. The minimum atomic E-state index is -0.902. The van der Waals surface area contributed by atoms with Crippen LogP contribution in [0.15, 0.2) is 77.8 Å². The predicted molar refractivity (Wildman–Crippen MR) is 121 cm³/mol. The summed E-state index contributed by atoms with van der Waals surface area (Å²) in [6.45, 7) is 0. The molecule has 3 aromatic carbocycles. The van der Waals surface area contributed by atoms with Gasteiger partial charge in [-0.25, -0.2) is 9.79 Å². The van der Waals surface area contributed by atoms with Crippen molar-refractivity contribution in [2.45, 2.75) is 6.42 Å². The maximum Gasteiger partial charge on any atom is 0.337 e. The largest absolute Gasteiger partial charge is 0.494 e. The van der Waals surface area contributed by atoms with Crippen molar-refractivity contribution in [3.8, 4) is 5.88 Å². The molecule has 3 N–H and O–H groups in total. The van der Waals surface area contributed by atoms with E-state index in [4.69, 9.17) is 14.8 Å². The van der Waals surface area contributed by atoms with Crippen LogP contribution in [-0.4, -0.2) is 40.0 Å². The Morgan fingerprint density at radius 2 is 1.69 bits per heavy atom. The molecule has 0 fully saturated rings. The Balaban J connectivity index is 1.86. The molecule has 4 rings (SSSR count). The molecule has 7 heteroatoms. The maximum atomic E-state index is 11.9. The van der Waals surface area contributed by atoms with Gasteiger partial charge >= 0.3 is 11.9 Å². The van der Waals surface area contributed by atoms with Crippen molar-refractivity contribution in [3.63, 3.8) is 0 Å². The van der Waals surface area contributed by atoms with E-state index >= 15 is 0 Å². The predicted octanol–water partition coefficient (Wildman–Crippen LogP) is 4.46. The highest BCUT2D eigenvalue weighted by Gasteiger charge is 2.20. The number of nitrogens with zero attached hydrogens (tertiary/aromatic N) is 1. The Morgan fingerprint density at radius 1 is 0.969 bits per heavy atom. The molecule has 0 amide bonds. The van der Waals surface area contributed by atoms with E-state index in [1.54, 1.807) is 42.5 Å². The summed E-state index contributed by atoms with van der Waals surface area (Å²) in [6, 6.07) is 21.3. The van der Waals surface area contributed by atoms with Crippen molar-refractivity contribution in [1.82, 2.24) is 4.98 Å². The normalized spacial score (nSPS) is 11.5. The number of carbonyl (C=O) groups excluding carboxylic acids is 1. The summed E-state index contributed by atoms with van der Waals surface area (Å²) in [7, 11) is 1.31. The number of esters is 1. The molecule has 4 aromatic rings. The molecular formula is C25H20N2O5. The third-order valence-electron chi connectivity index (χ3n) is 5.02. The van der Waals surface area contributed by atoms with Crippen LogP contribution in [-0.2, 0) is 16.0 Å². The van der Waals surface area contributed by atoms with Gasteiger partial charge in [-0.15, -0.1) is 0 Å². The van der Waals surface area contributed by atoms with Crippen LogP contribution < -0.4 is 0 Å². The van der Waals surface area contributed by atoms with Gasteiger partial charge in [-0.3, -0.25) is 4.79 Å². The van der Waals surface area contributed by atoms with E-state index in [9.17, 15) is 14.7 Å². The van der Waals surface area contributed by atoms with Crippen molar-refractivity contribution in [3.05, 3.63) is 95.1 Å². The van der Waals surface area contributed by atoms with Crippen molar-refractivity contribution in [2.24, 2.45) is 4.99 Å². The van der Waals surface area contributed by atoms with E-state index in [-0.39, 0.29) is 12.3 Å². The first-order valence-corrected chi connectivity index (χ1v) is 9.84. The molecule has 32 heavy (non-hydrogen) atoms. The second-order valence-corrected chi connectivity index (χ2v) is 7.16. The topological polar surface area (TPSA) is 112 Å². The number of methoxy groups -OCH3 is 1. The van der Waals surface area contributed by atoms with Crippen molar-refractivity contribution >= 4 is 34.2 Å². The highest BCUT2D eigenvalue weighted by Crippen LogP contribution is 2.32. The van der Waals surface area contributed by atoms with Crippen LogP contribution in [0.5, 0.6) is 5.88 Å². The monoisotopic (exact) mass is 428 g/mol. The molecule has 1 aromatic heterocycles. The van der Waals surface area contributed by atoms with E-state index in [2.05, 4.69) is 4.98 Å². The van der Waals surface area contributed by atoms with E-state index in [1.807, 2.05) is 30.3 Å². The fraction of sp³-hybridized carbons (Fsp3) is 0.0800. The number of fused-ring (bicyclic) bond motifs is 1. The third-order valence-corrected chi connectivity index (χ3v) is 5.02. The quantitative estimate of drug-likeness (QED) is 0.310. The van der Waals surface area contributed by atoms with Crippen LogP contribution in [0.25, 0.3) is 10.9 Å². The van der Waals surface area contributed by atoms with Crippen LogP contribution in [0.1, 0.15) is 27.0 Å². The number of rotatable bonds is 6. The second kappa shape index (κ2) is 8.77. The molecule has 0 aliphatic carbocycles. The SMILES string of the molecule is COC(=O)c1ccc2c(C(=Nc3ccc(CC(=O)O)cc3)c3ccccc3)c(O)[nH]c2c1. The average molecular weight is 428 g/mol. The summed E-state index contributed by atoms with van der Waals surface area (Å²) < 4.78 is 4.78. The lowest BCUT2D eigenvalue weighted by molar-refractivity contribution is -0.136. The van der Waals surface area contributed by atoms with Gasteiger partial charge in [0, 0.05) is 16.5 Å². The number of hydrogen-bond donors (Lipinski definition) is 3. The molecule has 0 aliphatic heterocycles. The number of hydrogen-bond acceptors (Lipinski definition) is 5. The number of H-pyrrole nitrogens is 1. The Kier molecular flexibility index (Phi) is 5.72. The van der Waals surface area contributed by atoms with Crippen molar-refractivity contribution < 1.29 is 24.5 Å². The number of aromatic amines is 1. The summed E-state index contributed by atoms with van der Waals surface area (Å²) in [6.07, 6.45) is -0.0682. The zero-order valence-electron chi connectivity index (χ0n) is 17.2. The van der Waals surface area contributed by atoms with Crippen molar-refractivity contribution in [2.75, 3.05) is 7.11 Å². The summed E-state index contributed by atoms with van der Waals surface area (Å²) >= 11 is 0. The highest BCUT2D eigenvalue weighted by molar-refractivity contribution is 6.22. The number of aromatic hydroxyl groups is 1.